The van der Waals surface area contributed by atoms with Crippen LogP contribution in [0.3, 0.4) is 0 Å². The molecule has 0 amide bonds. The third-order valence-corrected chi connectivity index (χ3v) is 3.93. The fourth-order valence-electron chi connectivity index (χ4n) is 2.72. The summed E-state index contributed by atoms with van der Waals surface area (Å²) >= 11 is 0. The SMILES string of the molecule is CCCCCCCn1ccc(C(NCCC)C(C)C)c1. The molecule has 1 atom stereocenters. The Morgan fingerprint density at radius 1 is 1.05 bits per heavy atom. The highest BCUT2D eigenvalue weighted by Crippen LogP contribution is 2.22. The molecule has 0 aromatic carbocycles. The highest BCUT2D eigenvalue weighted by molar-refractivity contribution is 5.16. The van der Waals surface area contributed by atoms with E-state index in [-0.39, 0.29) is 0 Å². The van der Waals surface area contributed by atoms with Gasteiger partial charge in [0.15, 0.2) is 0 Å². The molecule has 0 saturated heterocycles. The van der Waals surface area contributed by atoms with Crippen LogP contribution in [0.25, 0.3) is 0 Å². The van der Waals surface area contributed by atoms with Crippen molar-refractivity contribution in [3.8, 4) is 0 Å². The Bertz CT molecular complexity index is 341. The average molecular weight is 278 g/mol. The average Bonchev–Trinajstić information content (AvgIpc) is 2.87. The van der Waals surface area contributed by atoms with Crippen LogP contribution < -0.4 is 5.32 Å². The fourth-order valence-corrected chi connectivity index (χ4v) is 2.72. The van der Waals surface area contributed by atoms with Gasteiger partial charge in [0.2, 0.25) is 0 Å². The monoisotopic (exact) mass is 278 g/mol. The zero-order valence-corrected chi connectivity index (χ0v) is 14.0. The third kappa shape index (κ3) is 6.13. The molecular weight excluding hydrogens is 244 g/mol. The molecule has 1 rings (SSSR count). The Labute approximate surface area is 126 Å². The largest absolute Gasteiger partial charge is 0.354 e. The Balaban J connectivity index is 2.43. The summed E-state index contributed by atoms with van der Waals surface area (Å²) in [5.74, 6) is 0.641. The highest BCUT2D eigenvalue weighted by Gasteiger charge is 2.15. The normalized spacial score (nSPS) is 13.1. The summed E-state index contributed by atoms with van der Waals surface area (Å²) in [7, 11) is 0. The van der Waals surface area contributed by atoms with Crippen LogP contribution in [0, 0.1) is 5.92 Å². The molecule has 0 aliphatic carbocycles. The van der Waals surface area contributed by atoms with Gasteiger partial charge in [-0.15, -0.1) is 0 Å². The van der Waals surface area contributed by atoms with Crippen LogP contribution in [0.4, 0.5) is 0 Å². The molecule has 0 fully saturated rings. The van der Waals surface area contributed by atoms with Crippen LogP contribution in [0.1, 0.15) is 77.8 Å². The lowest BCUT2D eigenvalue weighted by molar-refractivity contribution is 0.412. The molecule has 1 N–H and O–H groups in total. The first kappa shape index (κ1) is 17.3. The predicted molar refractivity (Wildman–Crippen MR) is 89.1 cm³/mol. The van der Waals surface area contributed by atoms with Crippen molar-refractivity contribution in [1.82, 2.24) is 9.88 Å². The second kappa shape index (κ2) is 10.0. The molecule has 20 heavy (non-hydrogen) atoms. The molecular formula is C18H34N2. The van der Waals surface area contributed by atoms with Crippen LogP contribution >= 0.6 is 0 Å². The van der Waals surface area contributed by atoms with E-state index >= 15 is 0 Å². The summed E-state index contributed by atoms with van der Waals surface area (Å²) in [4.78, 5) is 0. The van der Waals surface area contributed by atoms with Crippen molar-refractivity contribution in [1.29, 1.82) is 0 Å². The quantitative estimate of drug-likeness (QED) is 0.554. The number of hydrogen-bond acceptors (Lipinski definition) is 1. The molecule has 0 spiro atoms. The number of rotatable bonds is 11. The van der Waals surface area contributed by atoms with E-state index in [0.29, 0.717) is 12.0 Å². The van der Waals surface area contributed by atoms with Gasteiger partial charge in [0.1, 0.15) is 0 Å². The van der Waals surface area contributed by atoms with Gasteiger partial charge >= 0.3 is 0 Å². The zero-order chi connectivity index (χ0) is 14.8. The van der Waals surface area contributed by atoms with Crippen LogP contribution in [-0.4, -0.2) is 11.1 Å². The standard InChI is InChI=1S/C18H34N2/c1-5-7-8-9-10-13-20-14-11-17(15-20)18(16(3)4)19-12-6-2/h11,14-16,18-19H,5-10,12-13H2,1-4H3. The van der Waals surface area contributed by atoms with Crippen molar-refractivity contribution >= 4 is 0 Å². The highest BCUT2D eigenvalue weighted by atomic mass is 15.0. The summed E-state index contributed by atoms with van der Waals surface area (Å²) in [5.41, 5.74) is 1.45. The Morgan fingerprint density at radius 3 is 2.45 bits per heavy atom. The van der Waals surface area contributed by atoms with Crippen LogP contribution in [-0.2, 0) is 6.54 Å². The lowest BCUT2D eigenvalue weighted by atomic mass is 9.98. The third-order valence-electron chi connectivity index (χ3n) is 3.93. The molecule has 0 aliphatic rings. The van der Waals surface area contributed by atoms with E-state index in [4.69, 9.17) is 0 Å². The molecule has 1 unspecified atom stereocenters. The van der Waals surface area contributed by atoms with Gasteiger partial charge < -0.3 is 9.88 Å². The Kier molecular flexibility index (Phi) is 8.68. The maximum atomic E-state index is 3.67. The molecule has 0 radical (unpaired) electrons. The summed E-state index contributed by atoms with van der Waals surface area (Å²) in [6.07, 6.45) is 12.6. The fraction of sp³-hybridized carbons (Fsp3) is 0.778. The van der Waals surface area contributed by atoms with E-state index in [1.54, 1.807) is 0 Å². The second-order valence-corrected chi connectivity index (χ2v) is 6.27. The molecule has 1 heterocycles. The number of aryl methyl sites for hydroxylation is 1. The van der Waals surface area contributed by atoms with Crippen molar-refractivity contribution < 1.29 is 0 Å². The van der Waals surface area contributed by atoms with Crippen molar-refractivity contribution in [3.05, 3.63) is 24.0 Å². The van der Waals surface area contributed by atoms with Gasteiger partial charge in [-0.25, -0.2) is 0 Å². The maximum Gasteiger partial charge on any atom is 0.0358 e. The van der Waals surface area contributed by atoms with Gasteiger partial charge in [-0.1, -0.05) is 53.4 Å². The number of nitrogens with zero attached hydrogens (tertiary/aromatic N) is 1. The van der Waals surface area contributed by atoms with Gasteiger partial charge in [-0.3, -0.25) is 0 Å². The predicted octanol–water partition coefficient (Wildman–Crippen LogP) is 5.16. The van der Waals surface area contributed by atoms with Crippen molar-refractivity contribution in [2.75, 3.05) is 6.54 Å². The van der Waals surface area contributed by atoms with Crippen molar-refractivity contribution in [2.45, 2.75) is 78.8 Å². The molecule has 1 aromatic heterocycles. The molecule has 116 valence electrons. The molecule has 0 bridgehead atoms. The van der Waals surface area contributed by atoms with E-state index in [1.165, 1.54) is 50.6 Å². The molecule has 0 aliphatic heterocycles. The topological polar surface area (TPSA) is 17.0 Å². The Morgan fingerprint density at radius 2 is 1.80 bits per heavy atom. The van der Waals surface area contributed by atoms with Gasteiger partial charge in [0, 0.05) is 25.0 Å². The lowest BCUT2D eigenvalue weighted by Gasteiger charge is -2.21. The van der Waals surface area contributed by atoms with E-state index < -0.39 is 0 Å². The van der Waals surface area contributed by atoms with E-state index in [2.05, 4.69) is 56.0 Å². The number of unbranched alkanes of at least 4 members (excludes halogenated alkanes) is 4. The molecule has 0 saturated carbocycles. The maximum absolute atomic E-state index is 3.67. The minimum atomic E-state index is 0.497. The summed E-state index contributed by atoms with van der Waals surface area (Å²) in [5, 5.41) is 3.67. The van der Waals surface area contributed by atoms with E-state index in [0.717, 1.165) is 6.54 Å². The number of aromatic nitrogens is 1. The second-order valence-electron chi connectivity index (χ2n) is 6.27. The van der Waals surface area contributed by atoms with Crippen molar-refractivity contribution in [2.24, 2.45) is 5.92 Å². The minimum Gasteiger partial charge on any atom is -0.354 e. The van der Waals surface area contributed by atoms with Gasteiger partial charge in [-0.2, -0.15) is 0 Å². The number of nitrogens with one attached hydrogen (secondary N) is 1. The first-order valence-corrected chi connectivity index (χ1v) is 8.58. The minimum absolute atomic E-state index is 0.497. The lowest BCUT2D eigenvalue weighted by Crippen LogP contribution is -2.26. The summed E-state index contributed by atoms with van der Waals surface area (Å²) in [6, 6.07) is 2.79. The summed E-state index contributed by atoms with van der Waals surface area (Å²) < 4.78 is 2.37. The van der Waals surface area contributed by atoms with Crippen molar-refractivity contribution in [3.63, 3.8) is 0 Å². The number of hydrogen-bond donors (Lipinski definition) is 1. The van der Waals surface area contributed by atoms with E-state index in [9.17, 15) is 0 Å². The van der Waals surface area contributed by atoms with Gasteiger partial charge in [0.25, 0.3) is 0 Å². The van der Waals surface area contributed by atoms with Gasteiger partial charge in [0.05, 0.1) is 0 Å². The van der Waals surface area contributed by atoms with Crippen LogP contribution in [0.2, 0.25) is 0 Å². The van der Waals surface area contributed by atoms with Crippen LogP contribution in [0.5, 0.6) is 0 Å². The Hall–Kier alpha value is -0.760. The van der Waals surface area contributed by atoms with Crippen LogP contribution in [0.15, 0.2) is 18.5 Å². The van der Waals surface area contributed by atoms with E-state index in [1.807, 2.05) is 0 Å². The first-order valence-electron chi connectivity index (χ1n) is 8.58. The molecule has 1 aromatic rings. The summed E-state index contributed by atoms with van der Waals surface area (Å²) in [6.45, 7) is 11.4. The zero-order valence-electron chi connectivity index (χ0n) is 14.0. The molecule has 2 heteroatoms. The first-order chi connectivity index (χ1) is 9.69. The molecule has 2 nitrogen and oxygen atoms in total. The smallest absolute Gasteiger partial charge is 0.0358 e. The van der Waals surface area contributed by atoms with Gasteiger partial charge in [-0.05, 0) is 36.9 Å².